The third-order valence-corrected chi connectivity index (χ3v) is 4.47. The maximum atomic E-state index is 5.40. The first kappa shape index (κ1) is 18.6. The molecule has 0 amide bonds. The van der Waals surface area contributed by atoms with Crippen LogP contribution in [0.5, 0.6) is 0 Å². The Morgan fingerprint density at radius 1 is 0.962 bits per heavy atom. The monoisotopic (exact) mass is 370 g/mol. The summed E-state index contributed by atoms with van der Waals surface area (Å²) in [6, 6.07) is 18.2. The van der Waals surface area contributed by atoms with Gasteiger partial charge in [-0.3, -0.25) is 4.90 Å². The third kappa shape index (κ3) is 6.29. The number of rotatable bonds is 7. The molecule has 1 aliphatic rings. The van der Waals surface area contributed by atoms with Crippen molar-refractivity contribution in [2.75, 3.05) is 50.0 Å². The zero-order valence-electron chi connectivity index (χ0n) is 14.9. The molecule has 1 saturated heterocycles. The molecule has 3 N–H and O–H groups in total. The number of thiocarbonyl (C=S) groups is 1. The number of para-hydroxylation sites is 1. The smallest absolute Gasteiger partial charge is 0.170 e. The number of benzene rings is 2. The molecule has 1 heterocycles. The first-order valence-electron chi connectivity index (χ1n) is 9.07. The van der Waals surface area contributed by atoms with Crippen LogP contribution in [-0.2, 0) is 4.74 Å². The molecule has 6 heteroatoms. The molecule has 0 saturated carbocycles. The summed E-state index contributed by atoms with van der Waals surface area (Å²) in [5.41, 5.74) is 3.06. The second kappa shape index (κ2) is 10.1. The van der Waals surface area contributed by atoms with E-state index in [4.69, 9.17) is 17.0 Å². The lowest BCUT2D eigenvalue weighted by atomic mass is 10.2. The van der Waals surface area contributed by atoms with Crippen molar-refractivity contribution in [2.24, 2.45) is 0 Å². The molecule has 2 aromatic carbocycles. The number of nitrogens with zero attached hydrogens (tertiary/aromatic N) is 1. The highest BCUT2D eigenvalue weighted by molar-refractivity contribution is 7.80. The van der Waals surface area contributed by atoms with Gasteiger partial charge in [-0.25, -0.2) is 0 Å². The number of nitrogens with one attached hydrogen (secondary N) is 3. The van der Waals surface area contributed by atoms with E-state index >= 15 is 0 Å². The first-order chi connectivity index (χ1) is 12.8. The molecule has 0 aliphatic carbocycles. The highest BCUT2D eigenvalue weighted by atomic mass is 32.1. The van der Waals surface area contributed by atoms with Crippen LogP contribution >= 0.6 is 12.2 Å². The second-order valence-electron chi connectivity index (χ2n) is 6.26. The Bertz CT molecular complexity index is 689. The predicted octanol–water partition coefficient (Wildman–Crippen LogP) is 3.44. The van der Waals surface area contributed by atoms with Crippen molar-refractivity contribution < 1.29 is 4.74 Å². The van der Waals surface area contributed by atoms with Crippen LogP contribution in [0.2, 0.25) is 0 Å². The van der Waals surface area contributed by atoms with E-state index < -0.39 is 0 Å². The molecule has 0 aromatic heterocycles. The largest absolute Gasteiger partial charge is 0.379 e. The Morgan fingerprint density at radius 3 is 2.50 bits per heavy atom. The first-order valence-corrected chi connectivity index (χ1v) is 9.47. The summed E-state index contributed by atoms with van der Waals surface area (Å²) >= 11 is 5.40. The molecule has 0 unspecified atom stereocenters. The Hall–Kier alpha value is -2.15. The van der Waals surface area contributed by atoms with Gasteiger partial charge >= 0.3 is 0 Å². The summed E-state index contributed by atoms with van der Waals surface area (Å²) in [6.45, 7) is 5.70. The van der Waals surface area contributed by atoms with Crippen molar-refractivity contribution in [2.45, 2.75) is 6.42 Å². The van der Waals surface area contributed by atoms with Gasteiger partial charge < -0.3 is 20.7 Å². The van der Waals surface area contributed by atoms with Gasteiger partial charge in [0.2, 0.25) is 0 Å². The summed E-state index contributed by atoms with van der Waals surface area (Å²) in [5.74, 6) is 0. The predicted molar refractivity (Wildman–Crippen MR) is 112 cm³/mol. The second-order valence-corrected chi connectivity index (χ2v) is 6.67. The lowest BCUT2D eigenvalue weighted by molar-refractivity contribution is 0.0376. The molecule has 3 rings (SSSR count). The van der Waals surface area contributed by atoms with Crippen molar-refractivity contribution >= 4 is 34.4 Å². The van der Waals surface area contributed by atoms with Gasteiger partial charge in [0.15, 0.2) is 5.11 Å². The van der Waals surface area contributed by atoms with Crippen molar-refractivity contribution in [3.63, 3.8) is 0 Å². The molecule has 0 atom stereocenters. The molecule has 5 nitrogen and oxygen atoms in total. The van der Waals surface area contributed by atoms with Gasteiger partial charge in [0.1, 0.15) is 0 Å². The number of hydrogen-bond donors (Lipinski definition) is 3. The topological polar surface area (TPSA) is 48.6 Å². The lowest BCUT2D eigenvalue weighted by Gasteiger charge is -2.26. The zero-order chi connectivity index (χ0) is 18.0. The van der Waals surface area contributed by atoms with Crippen molar-refractivity contribution in [3.8, 4) is 0 Å². The van der Waals surface area contributed by atoms with Crippen molar-refractivity contribution in [1.82, 2.24) is 10.2 Å². The molecular weight excluding hydrogens is 344 g/mol. The molecule has 26 heavy (non-hydrogen) atoms. The molecule has 0 bridgehead atoms. The van der Waals surface area contributed by atoms with Crippen LogP contribution in [0.25, 0.3) is 0 Å². The normalized spacial score (nSPS) is 14.6. The van der Waals surface area contributed by atoms with E-state index in [1.54, 1.807) is 0 Å². The maximum absolute atomic E-state index is 5.40. The molecule has 0 radical (unpaired) electrons. The van der Waals surface area contributed by atoms with E-state index in [2.05, 4.69) is 26.9 Å². The standard InChI is InChI=1S/C20H26N4OS/c26-20(21-10-5-11-24-12-14-25-15-13-24)23-19-9-4-8-18(16-19)22-17-6-2-1-3-7-17/h1-4,6-9,16,22H,5,10-15H2,(H2,21,23,26). The summed E-state index contributed by atoms with van der Waals surface area (Å²) in [7, 11) is 0. The Morgan fingerprint density at radius 2 is 1.69 bits per heavy atom. The van der Waals surface area contributed by atoms with E-state index in [-0.39, 0.29) is 0 Å². The van der Waals surface area contributed by atoms with Crippen LogP contribution in [0.3, 0.4) is 0 Å². The van der Waals surface area contributed by atoms with Gasteiger partial charge in [-0.15, -0.1) is 0 Å². The summed E-state index contributed by atoms with van der Waals surface area (Å²) in [6.07, 6.45) is 1.07. The molecule has 138 valence electrons. The van der Waals surface area contributed by atoms with Crippen molar-refractivity contribution in [1.29, 1.82) is 0 Å². The SMILES string of the molecule is S=C(NCCCN1CCOCC1)Nc1cccc(Nc2ccccc2)c1. The fourth-order valence-electron chi connectivity index (χ4n) is 2.87. The van der Waals surface area contributed by atoms with Gasteiger partial charge in [0, 0.05) is 36.7 Å². The van der Waals surface area contributed by atoms with Gasteiger partial charge in [0.05, 0.1) is 13.2 Å². The van der Waals surface area contributed by atoms with Crippen LogP contribution in [-0.4, -0.2) is 49.4 Å². The minimum Gasteiger partial charge on any atom is -0.379 e. The van der Waals surface area contributed by atoms with Crippen LogP contribution in [0, 0.1) is 0 Å². The third-order valence-electron chi connectivity index (χ3n) is 4.22. The van der Waals surface area contributed by atoms with E-state index in [9.17, 15) is 0 Å². The molecular formula is C20H26N4OS. The number of hydrogen-bond acceptors (Lipinski definition) is 4. The zero-order valence-corrected chi connectivity index (χ0v) is 15.7. The summed E-state index contributed by atoms with van der Waals surface area (Å²) < 4.78 is 5.36. The Balaban J connectivity index is 1.40. The number of anilines is 3. The molecule has 1 aliphatic heterocycles. The summed E-state index contributed by atoms with van der Waals surface area (Å²) in [4.78, 5) is 2.43. The van der Waals surface area contributed by atoms with Gasteiger partial charge in [-0.05, 0) is 55.5 Å². The highest BCUT2D eigenvalue weighted by Crippen LogP contribution is 2.19. The summed E-state index contributed by atoms with van der Waals surface area (Å²) in [5, 5.41) is 10.6. The maximum Gasteiger partial charge on any atom is 0.170 e. The quantitative estimate of drug-likeness (QED) is 0.513. The molecule has 2 aromatic rings. The lowest BCUT2D eigenvalue weighted by Crippen LogP contribution is -2.38. The van der Waals surface area contributed by atoms with E-state index in [1.807, 2.05) is 48.5 Å². The van der Waals surface area contributed by atoms with Crippen LogP contribution in [0.4, 0.5) is 17.1 Å². The van der Waals surface area contributed by atoms with Gasteiger partial charge in [-0.2, -0.15) is 0 Å². The van der Waals surface area contributed by atoms with E-state index in [1.165, 1.54) is 0 Å². The average Bonchev–Trinajstić information content (AvgIpc) is 2.67. The van der Waals surface area contributed by atoms with Crippen LogP contribution in [0.1, 0.15) is 6.42 Å². The Labute approximate surface area is 160 Å². The minimum atomic E-state index is 0.656. The van der Waals surface area contributed by atoms with E-state index in [0.29, 0.717) is 5.11 Å². The van der Waals surface area contributed by atoms with Gasteiger partial charge in [0.25, 0.3) is 0 Å². The fourth-order valence-corrected chi connectivity index (χ4v) is 3.09. The molecule has 1 fully saturated rings. The van der Waals surface area contributed by atoms with Crippen molar-refractivity contribution in [3.05, 3.63) is 54.6 Å². The number of morpholine rings is 1. The van der Waals surface area contributed by atoms with Crippen LogP contribution < -0.4 is 16.0 Å². The minimum absolute atomic E-state index is 0.656. The fraction of sp³-hybridized carbons (Fsp3) is 0.350. The van der Waals surface area contributed by atoms with Crippen LogP contribution in [0.15, 0.2) is 54.6 Å². The number of ether oxygens (including phenoxy) is 1. The highest BCUT2D eigenvalue weighted by Gasteiger charge is 2.09. The Kier molecular flexibility index (Phi) is 7.25. The van der Waals surface area contributed by atoms with Gasteiger partial charge in [-0.1, -0.05) is 24.3 Å². The molecule has 0 spiro atoms. The average molecular weight is 371 g/mol. The van der Waals surface area contributed by atoms with E-state index in [0.717, 1.165) is 62.9 Å².